The fraction of sp³-hybridized carbons (Fsp3) is 0.346. The van der Waals surface area contributed by atoms with E-state index in [-0.39, 0.29) is 6.03 Å². The molecule has 1 fully saturated rings. The van der Waals surface area contributed by atoms with Crippen LogP contribution in [0, 0.1) is 5.92 Å². The van der Waals surface area contributed by atoms with Gasteiger partial charge in [-0.1, -0.05) is 45.0 Å². The van der Waals surface area contributed by atoms with Crippen molar-refractivity contribution in [1.82, 2.24) is 10.2 Å². The van der Waals surface area contributed by atoms with Crippen molar-refractivity contribution in [3.05, 3.63) is 66.2 Å². The molecule has 2 N–H and O–H groups in total. The Hall–Kier alpha value is -3.41. The first-order valence-electron chi connectivity index (χ1n) is 11.3. The van der Waals surface area contributed by atoms with Crippen LogP contribution >= 0.6 is 0 Å². The molecule has 3 aromatic rings. The van der Waals surface area contributed by atoms with Crippen molar-refractivity contribution in [2.24, 2.45) is 5.92 Å². The number of hydrogen-bond acceptors (Lipinski definition) is 4. The average molecular weight is 430 g/mol. The molecule has 2 aromatic carbocycles. The second kappa shape index (κ2) is 9.81. The molecule has 6 nitrogen and oxygen atoms in total. The summed E-state index contributed by atoms with van der Waals surface area (Å²) in [6.45, 7) is 8.66. The lowest BCUT2D eigenvalue weighted by Crippen LogP contribution is -2.33. The lowest BCUT2D eigenvalue weighted by Gasteiger charge is -2.30. The van der Waals surface area contributed by atoms with Gasteiger partial charge in [0.25, 0.3) is 0 Å². The third-order valence-electron chi connectivity index (χ3n) is 6.01. The van der Waals surface area contributed by atoms with E-state index in [1.54, 1.807) is 0 Å². The molecule has 0 radical (unpaired) electrons. The molecule has 0 unspecified atom stereocenters. The fourth-order valence-electron chi connectivity index (χ4n) is 3.89. The molecule has 0 aliphatic carbocycles. The minimum atomic E-state index is -0.278. The summed E-state index contributed by atoms with van der Waals surface area (Å²) in [4.78, 5) is 14.7. The highest BCUT2D eigenvalue weighted by molar-refractivity contribution is 6.00. The maximum atomic E-state index is 12.4. The molecule has 0 saturated carbocycles. The number of urea groups is 1. The highest BCUT2D eigenvalue weighted by Crippen LogP contribution is 2.25. The highest BCUT2D eigenvalue weighted by Gasteiger charge is 2.17. The molecule has 0 atom stereocenters. The van der Waals surface area contributed by atoms with Crippen LogP contribution in [0.2, 0.25) is 0 Å². The number of hydrogen-bond donors (Lipinski definition) is 2. The molecule has 1 aliphatic rings. The summed E-state index contributed by atoms with van der Waals surface area (Å²) < 4.78 is 0. The monoisotopic (exact) mass is 429 g/mol. The summed E-state index contributed by atoms with van der Waals surface area (Å²) in [7, 11) is 0. The Kier molecular flexibility index (Phi) is 6.69. The number of anilines is 3. The first-order chi connectivity index (χ1) is 15.5. The van der Waals surface area contributed by atoms with Crippen LogP contribution in [0.4, 0.5) is 22.0 Å². The van der Waals surface area contributed by atoms with Crippen molar-refractivity contribution in [2.45, 2.75) is 39.5 Å². The van der Waals surface area contributed by atoms with E-state index in [0.717, 1.165) is 41.8 Å². The number of piperidine rings is 1. The molecule has 2 amide bonds. The zero-order valence-corrected chi connectivity index (χ0v) is 19.0. The molecule has 0 bridgehead atoms. The van der Waals surface area contributed by atoms with E-state index in [9.17, 15) is 4.79 Å². The third kappa shape index (κ3) is 5.44. The van der Waals surface area contributed by atoms with E-state index in [1.165, 1.54) is 18.4 Å². The normalized spacial score (nSPS) is 14.4. The predicted octanol–water partition coefficient (Wildman–Crippen LogP) is 6.15. The summed E-state index contributed by atoms with van der Waals surface area (Å²) in [6.07, 6.45) is 2.39. The topological polar surface area (TPSA) is 70.2 Å². The van der Waals surface area contributed by atoms with Crippen molar-refractivity contribution in [2.75, 3.05) is 28.6 Å². The molecule has 166 valence electrons. The lowest BCUT2D eigenvalue weighted by molar-refractivity contribution is 0.262. The zero-order chi connectivity index (χ0) is 22.5. The second-order valence-corrected chi connectivity index (χ2v) is 8.88. The molecule has 4 rings (SSSR count). The Morgan fingerprint density at radius 1 is 0.938 bits per heavy atom. The molecule has 1 aliphatic heterocycles. The number of carbonyl (C=O) groups excluding carboxylic acids is 1. The van der Waals surface area contributed by atoms with Gasteiger partial charge in [0, 0.05) is 30.0 Å². The van der Waals surface area contributed by atoms with Gasteiger partial charge in [0.15, 0.2) is 5.82 Å². The van der Waals surface area contributed by atoms with Crippen LogP contribution in [-0.4, -0.2) is 29.3 Å². The van der Waals surface area contributed by atoms with Gasteiger partial charge < -0.3 is 15.5 Å². The van der Waals surface area contributed by atoms with Crippen molar-refractivity contribution < 1.29 is 4.79 Å². The van der Waals surface area contributed by atoms with E-state index < -0.39 is 0 Å². The number of aromatic nitrogens is 2. The lowest BCUT2D eigenvalue weighted by atomic mass is 9.99. The van der Waals surface area contributed by atoms with Gasteiger partial charge in [-0.15, -0.1) is 10.2 Å². The van der Waals surface area contributed by atoms with Crippen LogP contribution in [0.15, 0.2) is 60.7 Å². The van der Waals surface area contributed by atoms with E-state index in [4.69, 9.17) is 0 Å². The number of benzene rings is 2. The van der Waals surface area contributed by atoms with E-state index in [1.807, 2.05) is 60.7 Å². The molecule has 2 heterocycles. The van der Waals surface area contributed by atoms with E-state index in [2.05, 4.69) is 46.5 Å². The standard InChI is InChI=1S/C26H31N5O/c1-18(2)20-7-9-22(10-8-20)27-26(32)28-23-6-4-5-21(17-23)24-11-12-25(30-29-24)31-15-13-19(3)14-16-31/h4-12,17-19H,13-16H2,1-3H3,(H2,27,28,32). The quantitative estimate of drug-likeness (QED) is 0.510. The number of amides is 2. The maximum absolute atomic E-state index is 12.4. The van der Waals surface area contributed by atoms with Gasteiger partial charge in [-0.2, -0.15) is 0 Å². The van der Waals surface area contributed by atoms with Crippen molar-refractivity contribution in [3.8, 4) is 11.3 Å². The number of rotatable bonds is 5. The van der Waals surface area contributed by atoms with Crippen molar-refractivity contribution >= 4 is 23.2 Å². The first kappa shape index (κ1) is 21.8. The number of nitrogens with zero attached hydrogens (tertiary/aromatic N) is 3. The second-order valence-electron chi connectivity index (χ2n) is 8.88. The zero-order valence-electron chi connectivity index (χ0n) is 19.0. The summed E-state index contributed by atoms with van der Waals surface area (Å²) in [5.41, 5.74) is 4.40. The van der Waals surface area contributed by atoms with Crippen LogP contribution in [0.25, 0.3) is 11.3 Å². The smallest absolute Gasteiger partial charge is 0.323 e. The summed E-state index contributed by atoms with van der Waals surface area (Å²) in [5, 5.41) is 14.7. The number of carbonyl (C=O) groups is 1. The van der Waals surface area contributed by atoms with Crippen LogP contribution in [0.1, 0.15) is 45.1 Å². The van der Waals surface area contributed by atoms with Crippen LogP contribution in [-0.2, 0) is 0 Å². The van der Waals surface area contributed by atoms with Crippen LogP contribution in [0.5, 0.6) is 0 Å². The first-order valence-corrected chi connectivity index (χ1v) is 11.3. The largest absolute Gasteiger partial charge is 0.355 e. The molecule has 1 aromatic heterocycles. The Morgan fingerprint density at radius 2 is 1.66 bits per heavy atom. The maximum Gasteiger partial charge on any atom is 0.323 e. The molecule has 0 spiro atoms. The van der Waals surface area contributed by atoms with Gasteiger partial charge in [-0.05, 0) is 66.6 Å². The van der Waals surface area contributed by atoms with Crippen LogP contribution in [0.3, 0.4) is 0 Å². The Labute approximate surface area is 190 Å². The summed E-state index contributed by atoms with van der Waals surface area (Å²) >= 11 is 0. The Morgan fingerprint density at radius 3 is 2.31 bits per heavy atom. The third-order valence-corrected chi connectivity index (χ3v) is 6.01. The van der Waals surface area contributed by atoms with Crippen molar-refractivity contribution in [3.63, 3.8) is 0 Å². The van der Waals surface area contributed by atoms with Crippen molar-refractivity contribution in [1.29, 1.82) is 0 Å². The SMILES string of the molecule is CC1CCN(c2ccc(-c3cccc(NC(=O)Nc4ccc(C(C)C)cc4)c3)nn2)CC1. The van der Waals surface area contributed by atoms with Gasteiger partial charge in [0.1, 0.15) is 0 Å². The fourth-order valence-corrected chi connectivity index (χ4v) is 3.89. The van der Waals surface area contributed by atoms with E-state index >= 15 is 0 Å². The van der Waals surface area contributed by atoms with Gasteiger partial charge in [0.2, 0.25) is 0 Å². The Bertz CT molecular complexity index is 1040. The average Bonchev–Trinajstić information content (AvgIpc) is 2.80. The van der Waals surface area contributed by atoms with Crippen LogP contribution < -0.4 is 15.5 Å². The number of nitrogens with one attached hydrogen (secondary N) is 2. The highest BCUT2D eigenvalue weighted by atomic mass is 16.2. The van der Waals surface area contributed by atoms with Gasteiger partial charge >= 0.3 is 6.03 Å². The molecular weight excluding hydrogens is 398 g/mol. The summed E-state index contributed by atoms with van der Waals surface area (Å²) in [5.74, 6) is 2.17. The minimum absolute atomic E-state index is 0.278. The minimum Gasteiger partial charge on any atom is -0.355 e. The molecular formula is C26H31N5O. The molecule has 1 saturated heterocycles. The molecule has 32 heavy (non-hydrogen) atoms. The molecule has 6 heteroatoms. The van der Waals surface area contributed by atoms with Gasteiger partial charge in [-0.25, -0.2) is 4.79 Å². The Balaban J connectivity index is 1.39. The predicted molar refractivity (Wildman–Crippen MR) is 131 cm³/mol. The van der Waals surface area contributed by atoms with Gasteiger partial charge in [-0.3, -0.25) is 0 Å². The van der Waals surface area contributed by atoms with E-state index in [0.29, 0.717) is 11.6 Å². The van der Waals surface area contributed by atoms with Gasteiger partial charge in [0.05, 0.1) is 5.69 Å². The summed E-state index contributed by atoms with van der Waals surface area (Å²) in [6, 6.07) is 19.3.